The van der Waals surface area contributed by atoms with E-state index in [1.165, 1.54) is 26.0 Å². The van der Waals surface area contributed by atoms with Crippen molar-refractivity contribution in [1.82, 2.24) is 0 Å². The summed E-state index contributed by atoms with van der Waals surface area (Å²) in [5.41, 5.74) is 0.249. The van der Waals surface area contributed by atoms with Gasteiger partial charge in [-0.25, -0.2) is 0 Å². The van der Waals surface area contributed by atoms with Gasteiger partial charge in [-0.3, -0.25) is 14.9 Å². The van der Waals surface area contributed by atoms with E-state index in [9.17, 15) is 19.3 Å². The van der Waals surface area contributed by atoms with Crippen LogP contribution < -0.4 is 0 Å². The predicted octanol–water partition coefficient (Wildman–Crippen LogP) is 2.47. The summed E-state index contributed by atoms with van der Waals surface area (Å²) < 4.78 is 18.2. The molecule has 1 aromatic heterocycles. The number of nitrogens with zero attached hydrogens (tertiary/aromatic N) is 1. The second-order valence-electron chi connectivity index (χ2n) is 3.94. The highest BCUT2D eigenvalue weighted by atomic mass is 32.1. The van der Waals surface area contributed by atoms with Gasteiger partial charge in [0.05, 0.1) is 10.5 Å². The number of hydrogen-bond donors (Lipinski definition) is 0. The Labute approximate surface area is 106 Å². The van der Waals surface area contributed by atoms with Crippen molar-refractivity contribution in [3.8, 4) is 0 Å². The number of thiophene rings is 1. The maximum Gasteiger partial charge on any atom is 0.365 e. The maximum atomic E-state index is 13.0. The lowest BCUT2D eigenvalue weighted by atomic mass is 9.94. The molecule has 1 aromatic rings. The monoisotopic (exact) mass is 271 g/mol. The van der Waals surface area contributed by atoms with Crippen LogP contribution in [0.3, 0.4) is 0 Å². The van der Waals surface area contributed by atoms with Crippen molar-refractivity contribution in [2.75, 3.05) is 0 Å². The summed E-state index contributed by atoms with van der Waals surface area (Å²) in [6.07, 6.45) is -1.36. The minimum absolute atomic E-state index is 0.239. The van der Waals surface area contributed by atoms with Crippen LogP contribution in [-0.4, -0.2) is 16.9 Å². The lowest BCUT2D eigenvalue weighted by Crippen LogP contribution is -2.26. The molecular formula is C11H10FNO4S. The normalized spacial score (nSPS) is 23.1. The molecule has 1 aliphatic heterocycles. The van der Waals surface area contributed by atoms with E-state index in [1.54, 1.807) is 0 Å². The summed E-state index contributed by atoms with van der Waals surface area (Å²) in [6, 6.07) is 2.68. The van der Waals surface area contributed by atoms with Crippen molar-refractivity contribution in [2.24, 2.45) is 0 Å². The van der Waals surface area contributed by atoms with E-state index in [1.807, 2.05) is 0 Å². The fourth-order valence-corrected chi connectivity index (χ4v) is 2.94. The van der Waals surface area contributed by atoms with Gasteiger partial charge in [-0.15, -0.1) is 11.3 Å². The molecule has 0 fully saturated rings. The average molecular weight is 271 g/mol. The third-order valence-electron chi connectivity index (χ3n) is 2.76. The number of ether oxygens (including phenoxy) is 1. The molecule has 0 amide bonds. The molecule has 0 N–H and O–H groups in total. The Morgan fingerprint density at radius 2 is 2.22 bits per heavy atom. The van der Waals surface area contributed by atoms with Crippen LogP contribution in [0.5, 0.6) is 0 Å². The van der Waals surface area contributed by atoms with Crippen LogP contribution in [0.25, 0.3) is 0 Å². The minimum atomic E-state index is -1.36. The highest BCUT2D eigenvalue weighted by molar-refractivity contribution is 7.10. The third-order valence-corrected chi connectivity index (χ3v) is 3.72. The standard InChI is InChI=1S/C11H10FNO4S/c1-5(14)9-6(2)17-11(13(15)16)10(9)7-3-4-8(12)18-7/h3-4,10-11H,1-2H3. The first-order valence-corrected chi connectivity index (χ1v) is 6.00. The Morgan fingerprint density at radius 3 is 2.67 bits per heavy atom. The Hall–Kier alpha value is -1.76. The fourth-order valence-electron chi connectivity index (χ4n) is 2.08. The van der Waals surface area contributed by atoms with Crippen molar-refractivity contribution >= 4 is 17.1 Å². The molecule has 96 valence electrons. The number of ketones is 1. The van der Waals surface area contributed by atoms with Gasteiger partial charge in [0, 0.05) is 4.88 Å². The van der Waals surface area contributed by atoms with Gasteiger partial charge in [0.2, 0.25) is 0 Å². The number of halogens is 1. The first-order chi connectivity index (χ1) is 8.41. The summed E-state index contributed by atoms with van der Waals surface area (Å²) in [5, 5.41) is 10.5. The van der Waals surface area contributed by atoms with Crippen LogP contribution in [0.15, 0.2) is 23.5 Å². The first-order valence-electron chi connectivity index (χ1n) is 5.19. The molecule has 0 spiro atoms. The molecule has 2 rings (SSSR count). The van der Waals surface area contributed by atoms with Gasteiger partial charge in [0.15, 0.2) is 10.9 Å². The van der Waals surface area contributed by atoms with E-state index in [0.717, 1.165) is 11.3 Å². The summed E-state index contributed by atoms with van der Waals surface area (Å²) in [7, 11) is 0. The van der Waals surface area contributed by atoms with Crippen molar-refractivity contribution in [3.63, 3.8) is 0 Å². The van der Waals surface area contributed by atoms with E-state index in [-0.39, 0.29) is 17.1 Å². The molecule has 1 aliphatic rings. The zero-order chi connectivity index (χ0) is 13.4. The molecule has 18 heavy (non-hydrogen) atoms. The SMILES string of the molecule is CC(=O)C1=C(C)OC([N+](=O)[O-])C1c1ccc(F)s1. The van der Waals surface area contributed by atoms with Gasteiger partial charge in [-0.05, 0) is 26.0 Å². The fraction of sp³-hybridized carbons (Fsp3) is 0.364. The second kappa shape index (κ2) is 4.49. The van der Waals surface area contributed by atoms with Crippen LogP contribution in [0.2, 0.25) is 0 Å². The zero-order valence-corrected chi connectivity index (χ0v) is 10.5. The van der Waals surface area contributed by atoms with Gasteiger partial charge in [0.25, 0.3) is 0 Å². The van der Waals surface area contributed by atoms with Crippen LogP contribution >= 0.6 is 11.3 Å². The summed E-state index contributed by atoms with van der Waals surface area (Å²) in [4.78, 5) is 22.4. The largest absolute Gasteiger partial charge is 0.434 e. The maximum absolute atomic E-state index is 13.0. The molecule has 0 radical (unpaired) electrons. The van der Waals surface area contributed by atoms with Crippen LogP contribution in [0.4, 0.5) is 4.39 Å². The van der Waals surface area contributed by atoms with Crippen molar-refractivity contribution in [1.29, 1.82) is 0 Å². The lowest BCUT2D eigenvalue weighted by molar-refractivity contribution is -0.570. The molecule has 5 nitrogen and oxygen atoms in total. The highest BCUT2D eigenvalue weighted by Gasteiger charge is 2.46. The molecule has 0 aliphatic carbocycles. The van der Waals surface area contributed by atoms with Gasteiger partial charge in [0.1, 0.15) is 11.7 Å². The van der Waals surface area contributed by atoms with E-state index in [4.69, 9.17) is 4.74 Å². The lowest BCUT2D eigenvalue weighted by Gasteiger charge is -2.11. The summed E-state index contributed by atoms with van der Waals surface area (Å²) >= 11 is 0.792. The van der Waals surface area contributed by atoms with Gasteiger partial charge < -0.3 is 4.74 Å². The van der Waals surface area contributed by atoms with Crippen LogP contribution in [0.1, 0.15) is 24.6 Å². The van der Waals surface area contributed by atoms with E-state index < -0.39 is 22.2 Å². The molecule has 0 aromatic carbocycles. The van der Waals surface area contributed by atoms with Gasteiger partial charge in [-0.2, -0.15) is 4.39 Å². The Morgan fingerprint density at radius 1 is 1.56 bits per heavy atom. The smallest absolute Gasteiger partial charge is 0.365 e. The summed E-state index contributed by atoms with van der Waals surface area (Å²) in [6.45, 7) is 2.83. The number of carbonyl (C=O) groups is 1. The molecule has 0 saturated heterocycles. The number of allylic oxidation sites excluding steroid dienone is 1. The van der Waals surface area contributed by atoms with Crippen LogP contribution in [0, 0.1) is 15.2 Å². The molecule has 0 saturated carbocycles. The van der Waals surface area contributed by atoms with Crippen molar-refractivity contribution < 1.29 is 18.8 Å². The van der Waals surface area contributed by atoms with Crippen molar-refractivity contribution in [2.45, 2.75) is 26.0 Å². The highest BCUT2D eigenvalue weighted by Crippen LogP contribution is 2.41. The summed E-state index contributed by atoms with van der Waals surface area (Å²) in [5.74, 6) is -0.884. The quantitative estimate of drug-likeness (QED) is 0.625. The van der Waals surface area contributed by atoms with Crippen LogP contribution in [-0.2, 0) is 9.53 Å². The number of carbonyl (C=O) groups excluding carboxylic acids is 1. The first kappa shape index (κ1) is 12.7. The Bertz CT molecular complexity index is 551. The van der Waals surface area contributed by atoms with E-state index >= 15 is 0 Å². The molecule has 7 heteroatoms. The van der Waals surface area contributed by atoms with Crippen molar-refractivity contribution in [3.05, 3.63) is 43.6 Å². The molecule has 2 unspecified atom stereocenters. The second-order valence-corrected chi connectivity index (χ2v) is 5.00. The Balaban J connectivity index is 2.49. The van der Waals surface area contributed by atoms with E-state index in [0.29, 0.717) is 4.88 Å². The molecule has 0 bridgehead atoms. The average Bonchev–Trinajstić information content (AvgIpc) is 2.81. The third kappa shape index (κ3) is 2.01. The Kier molecular flexibility index (Phi) is 3.16. The number of nitro groups is 1. The van der Waals surface area contributed by atoms with E-state index in [2.05, 4.69) is 0 Å². The molecular weight excluding hydrogens is 261 g/mol. The number of hydrogen-bond acceptors (Lipinski definition) is 5. The predicted molar refractivity (Wildman–Crippen MR) is 62.3 cm³/mol. The van der Waals surface area contributed by atoms with Gasteiger partial charge in [-0.1, -0.05) is 0 Å². The minimum Gasteiger partial charge on any atom is -0.434 e. The molecule has 2 atom stereocenters. The topological polar surface area (TPSA) is 69.4 Å². The zero-order valence-electron chi connectivity index (χ0n) is 9.68. The number of rotatable bonds is 3. The molecule has 2 heterocycles. The van der Waals surface area contributed by atoms with Gasteiger partial charge >= 0.3 is 6.23 Å². The number of Topliss-reactive ketones (excluding diaryl/α,β-unsaturated/α-hetero) is 1.